The van der Waals surface area contributed by atoms with Crippen molar-refractivity contribution in [2.45, 2.75) is 52.0 Å². The fourth-order valence-corrected chi connectivity index (χ4v) is 4.56. The Balaban J connectivity index is 1.47. The quantitative estimate of drug-likeness (QED) is 0.358. The number of rotatable bonds is 6. The highest BCUT2D eigenvalue weighted by Gasteiger charge is 2.26. The van der Waals surface area contributed by atoms with Crippen molar-refractivity contribution in [1.29, 1.82) is 0 Å². The van der Waals surface area contributed by atoms with Gasteiger partial charge in [0.15, 0.2) is 5.82 Å². The maximum atomic E-state index is 13.6. The van der Waals surface area contributed by atoms with Gasteiger partial charge in [-0.1, -0.05) is 13.0 Å². The molecule has 8 heteroatoms. The van der Waals surface area contributed by atoms with E-state index >= 15 is 0 Å². The van der Waals surface area contributed by atoms with Gasteiger partial charge < -0.3 is 9.13 Å². The zero-order valence-corrected chi connectivity index (χ0v) is 20.1. The Morgan fingerprint density at radius 1 is 1.09 bits per heavy atom. The lowest BCUT2D eigenvalue weighted by molar-refractivity contribution is 0.605. The minimum Gasteiger partial charge on any atom is -0.327 e. The van der Waals surface area contributed by atoms with Crippen molar-refractivity contribution >= 4 is 10.9 Å². The van der Waals surface area contributed by atoms with Gasteiger partial charge >= 0.3 is 0 Å². The largest absolute Gasteiger partial charge is 0.327 e. The predicted molar refractivity (Wildman–Crippen MR) is 135 cm³/mol. The zero-order chi connectivity index (χ0) is 24.1. The van der Waals surface area contributed by atoms with Crippen LogP contribution in [0.15, 0.2) is 66.4 Å². The topological polar surface area (TPSA) is 83.4 Å². The van der Waals surface area contributed by atoms with Crippen molar-refractivity contribution in [2.75, 3.05) is 0 Å². The molecule has 176 valence electrons. The van der Waals surface area contributed by atoms with Crippen LogP contribution in [0.3, 0.4) is 0 Å². The van der Waals surface area contributed by atoms with Gasteiger partial charge in [0.2, 0.25) is 0 Å². The Bertz CT molecular complexity index is 1600. The molecule has 0 aliphatic heterocycles. The van der Waals surface area contributed by atoms with Crippen molar-refractivity contribution in [3.63, 3.8) is 0 Å². The molecule has 0 amide bonds. The number of nitrogens with zero attached hydrogens (tertiary/aromatic N) is 7. The molecule has 8 nitrogen and oxygen atoms in total. The molecule has 0 saturated heterocycles. The number of benzene rings is 1. The SMILES string of the molecule is CCc1cc2ncn(-c3cccc(-c4nccn4C(C)C)n3)c(=O)c2cc1-n1cnc(C2CC2)c1. The Labute approximate surface area is 203 Å². The van der Waals surface area contributed by atoms with E-state index in [1.165, 1.54) is 17.4 Å². The molecule has 0 atom stereocenters. The highest BCUT2D eigenvalue weighted by molar-refractivity contribution is 5.81. The van der Waals surface area contributed by atoms with Crippen molar-refractivity contribution < 1.29 is 0 Å². The fraction of sp³-hybridized carbons (Fsp3) is 0.296. The lowest BCUT2D eigenvalue weighted by atomic mass is 10.1. The Morgan fingerprint density at radius 3 is 2.71 bits per heavy atom. The van der Waals surface area contributed by atoms with Crippen LogP contribution < -0.4 is 5.56 Å². The van der Waals surface area contributed by atoms with E-state index in [1.807, 2.05) is 47.4 Å². The highest BCUT2D eigenvalue weighted by atomic mass is 16.1. The third kappa shape index (κ3) is 3.75. The molecule has 4 heterocycles. The highest BCUT2D eigenvalue weighted by Crippen LogP contribution is 2.39. The fourth-order valence-electron chi connectivity index (χ4n) is 4.56. The summed E-state index contributed by atoms with van der Waals surface area (Å²) in [5.41, 5.74) is 4.45. The first-order valence-corrected chi connectivity index (χ1v) is 12.1. The van der Waals surface area contributed by atoms with E-state index in [1.54, 1.807) is 12.5 Å². The van der Waals surface area contributed by atoms with Crippen LogP contribution in [0.25, 0.3) is 33.9 Å². The standard InChI is InChI=1S/C27H27N7O/c1-4-18-12-22-20(13-24(18)32-14-23(29-15-32)19-8-9-19)27(35)34(16-30-22)25-7-5-6-21(31-25)26-28-10-11-33(26)17(2)3/h5-7,10-17,19H,4,8-9H2,1-3H3. The van der Waals surface area contributed by atoms with Crippen LogP contribution in [-0.4, -0.2) is 33.6 Å². The lowest BCUT2D eigenvalue weighted by Crippen LogP contribution is -2.20. The Kier molecular flexibility index (Phi) is 5.09. The molecule has 6 rings (SSSR count). The van der Waals surface area contributed by atoms with E-state index in [4.69, 9.17) is 4.98 Å². The molecule has 1 aliphatic carbocycles. The maximum absolute atomic E-state index is 13.6. The van der Waals surface area contributed by atoms with Gasteiger partial charge in [0, 0.05) is 30.6 Å². The maximum Gasteiger partial charge on any atom is 0.267 e. The molecule has 1 aromatic carbocycles. The van der Waals surface area contributed by atoms with Gasteiger partial charge in [-0.15, -0.1) is 0 Å². The Hall–Kier alpha value is -4.07. The van der Waals surface area contributed by atoms with Crippen LogP contribution >= 0.6 is 0 Å². The van der Waals surface area contributed by atoms with Crippen molar-refractivity contribution in [1.82, 2.24) is 33.6 Å². The molecule has 1 saturated carbocycles. The molecule has 0 radical (unpaired) electrons. The smallest absolute Gasteiger partial charge is 0.267 e. The first-order valence-electron chi connectivity index (χ1n) is 12.1. The minimum atomic E-state index is -0.154. The van der Waals surface area contributed by atoms with Gasteiger partial charge in [-0.25, -0.2) is 19.9 Å². The second kappa shape index (κ2) is 8.30. The monoisotopic (exact) mass is 465 g/mol. The number of aromatic nitrogens is 7. The first kappa shape index (κ1) is 21.5. The number of imidazole rings is 2. The van der Waals surface area contributed by atoms with E-state index in [9.17, 15) is 4.79 Å². The summed E-state index contributed by atoms with van der Waals surface area (Å²) in [7, 11) is 0. The number of hydrogen-bond donors (Lipinski definition) is 0. The van der Waals surface area contributed by atoms with E-state index < -0.39 is 0 Å². The van der Waals surface area contributed by atoms with Crippen LogP contribution in [-0.2, 0) is 6.42 Å². The van der Waals surface area contributed by atoms with Crippen molar-refractivity contribution in [3.05, 3.63) is 83.2 Å². The van der Waals surface area contributed by atoms with Gasteiger partial charge in [-0.05, 0) is 62.9 Å². The summed E-state index contributed by atoms with van der Waals surface area (Å²) in [4.78, 5) is 32.1. The van der Waals surface area contributed by atoms with Crippen LogP contribution in [0.5, 0.6) is 0 Å². The molecule has 0 unspecified atom stereocenters. The molecular formula is C27H27N7O. The van der Waals surface area contributed by atoms with Crippen LogP contribution in [0.4, 0.5) is 0 Å². The minimum absolute atomic E-state index is 0.154. The van der Waals surface area contributed by atoms with Gasteiger partial charge in [0.1, 0.15) is 17.8 Å². The molecule has 35 heavy (non-hydrogen) atoms. The molecule has 0 N–H and O–H groups in total. The van der Waals surface area contributed by atoms with Crippen LogP contribution in [0.1, 0.15) is 56.8 Å². The molecule has 1 fully saturated rings. The third-order valence-electron chi connectivity index (χ3n) is 6.65. The lowest BCUT2D eigenvalue weighted by Gasteiger charge is -2.13. The zero-order valence-electron chi connectivity index (χ0n) is 20.1. The predicted octanol–water partition coefficient (Wildman–Crippen LogP) is 4.85. The molecule has 5 aromatic rings. The summed E-state index contributed by atoms with van der Waals surface area (Å²) in [6, 6.07) is 9.82. The van der Waals surface area contributed by atoms with Crippen LogP contribution in [0.2, 0.25) is 0 Å². The summed E-state index contributed by atoms with van der Waals surface area (Å²) in [6.07, 6.45) is 12.5. The van der Waals surface area contributed by atoms with Gasteiger partial charge in [-0.2, -0.15) is 0 Å². The third-order valence-corrected chi connectivity index (χ3v) is 6.65. The van der Waals surface area contributed by atoms with E-state index in [-0.39, 0.29) is 11.6 Å². The first-order chi connectivity index (χ1) is 17.0. The number of aryl methyl sites for hydroxylation is 1. The number of pyridine rings is 1. The average molecular weight is 466 g/mol. The van der Waals surface area contributed by atoms with Gasteiger partial charge in [0.25, 0.3) is 5.56 Å². The summed E-state index contributed by atoms with van der Waals surface area (Å²) < 4.78 is 5.60. The van der Waals surface area contributed by atoms with Crippen molar-refractivity contribution in [2.24, 2.45) is 0 Å². The number of fused-ring (bicyclic) bond motifs is 1. The average Bonchev–Trinajstić information content (AvgIpc) is 3.39. The van der Waals surface area contributed by atoms with E-state index in [0.717, 1.165) is 29.2 Å². The van der Waals surface area contributed by atoms with Gasteiger partial charge in [-0.3, -0.25) is 9.36 Å². The van der Waals surface area contributed by atoms with E-state index in [2.05, 4.69) is 46.5 Å². The molecule has 1 aliphatic rings. The summed E-state index contributed by atoms with van der Waals surface area (Å²) in [5.74, 6) is 1.86. The van der Waals surface area contributed by atoms with E-state index in [0.29, 0.717) is 28.3 Å². The second-order valence-corrected chi connectivity index (χ2v) is 9.38. The number of hydrogen-bond acceptors (Lipinski definition) is 5. The summed E-state index contributed by atoms with van der Waals surface area (Å²) in [5, 5.41) is 0.553. The Morgan fingerprint density at radius 2 is 1.94 bits per heavy atom. The summed E-state index contributed by atoms with van der Waals surface area (Å²) in [6.45, 7) is 6.31. The second-order valence-electron chi connectivity index (χ2n) is 9.38. The molecule has 4 aromatic heterocycles. The van der Waals surface area contributed by atoms with Gasteiger partial charge in [0.05, 0.1) is 28.6 Å². The van der Waals surface area contributed by atoms with Crippen LogP contribution in [0, 0.1) is 0 Å². The molecule has 0 bridgehead atoms. The molecule has 0 spiro atoms. The normalized spacial score (nSPS) is 13.7. The summed E-state index contributed by atoms with van der Waals surface area (Å²) >= 11 is 0. The van der Waals surface area contributed by atoms with Crippen molar-refractivity contribution in [3.8, 4) is 23.0 Å². The molecular weight excluding hydrogens is 438 g/mol.